The van der Waals surface area contributed by atoms with Gasteiger partial charge in [-0.05, 0) is 24.6 Å². The number of halogens is 1. The van der Waals surface area contributed by atoms with Crippen LogP contribution in [0.2, 0.25) is 0 Å². The molecule has 0 heterocycles. The van der Waals surface area contributed by atoms with E-state index in [-0.39, 0.29) is 5.82 Å². The lowest BCUT2D eigenvalue weighted by Crippen LogP contribution is -1.88. The number of hydrogen-bond donors (Lipinski definition) is 1. The summed E-state index contributed by atoms with van der Waals surface area (Å²) in [4.78, 5) is 9.32. The van der Waals surface area contributed by atoms with Gasteiger partial charge in [-0.2, -0.15) is 0 Å². The summed E-state index contributed by atoms with van der Waals surface area (Å²) in [6.07, 6.45) is 0.462. The molecule has 1 rings (SSSR count). The molecule has 72 valence electrons. The summed E-state index contributed by atoms with van der Waals surface area (Å²) in [5, 5.41) is 0. The van der Waals surface area contributed by atoms with Gasteiger partial charge < -0.3 is 9.42 Å². The maximum Gasteiger partial charge on any atom is 0.172 e. The average Bonchev–Trinajstić information content (AvgIpc) is 2.09. The standard InChI is InChI=1S/C9H12FO2P/c1-2-12-13(11)7-8-3-5-9(10)6-4-8/h3-6,11H,2,7H2,1H3. The minimum absolute atomic E-state index is 0.262. The summed E-state index contributed by atoms with van der Waals surface area (Å²) in [5.74, 6) is -0.262. The fraction of sp³-hybridized carbons (Fsp3) is 0.333. The van der Waals surface area contributed by atoms with Gasteiger partial charge >= 0.3 is 0 Å². The topological polar surface area (TPSA) is 29.5 Å². The van der Waals surface area contributed by atoms with E-state index in [2.05, 4.69) is 0 Å². The zero-order valence-electron chi connectivity index (χ0n) is 7.40. The van der Waals surface area contributed by atoms with E-state index in [1.807, 2.05) is 6.92 Å². The second-order valence-electron chi connectivity index (χ2n) is 2.55. The second kappa shape index (κ2) is 5.28. The van der Waals surface area contributed by atoms with Crippen LogP contribution in [0.5, 0.6) is 0 Å². The zero-order valence-corrected chi connectivity index (χ0v) is 8.30. The number of rotatable bonds is 4. The Morgan fingerprint density at radius 2 is 2.00 bits per heavy atom. The molecule has 0 radical (unpaired) electrons. The van der Waals surface area contributed by atoms with Crippen LogP contribution in [0, 0.1) is 5.82 Å². The van der Waals surface area contributed by atoms with Gasteiger partial charge in [-0.1, -0.05) is 12.1 Å². The lowest BCUT2D eigenvalue weighted by atomic mass is 10.2. The first-order chi connectivity index (χ1) is 6.22. The van der Waals surface area contributed by atoms with Crippen molar-refractivity contribution in [3.8, 4) is 0 Å². The van der Waals surface area contributed by atoms with Gasteiger partial charge in [0.1, 0.15) is 5.82 Å². The lowest BCUT2D eigenvalue weighted by Gasteiger charge is -2.08. The van der Waals surface area contributed by atoms with Crippen molar-refractivity contribution in [1.29, 1.82) is 0 Å². The van der Waals surface area contributed by atoms with Crippen molar-refractivity contribution in [3.05, 3.63) is 35.6 Å². The van der Waals surface area contributed by atoms with E-state index in [9.17, 15) is 9.28 Å². The van der Waals surface area contributed by atoms with Crippen LogP contribution < -0.4 is 0 Å². The Balaban J connectivity index is 2.49. The highest BCUT2D eigenvalue weighted by molar-refractivity contribution is 7.45. The average molecular weight is 202 g/mol. The molecular weight excluding hydrogens is 190 g/mol. The molecule has 1 aromatic carbocycles. The predicted molar refractivity (Wildman–Crippen MR) is 50.9 cm³/mol. The van der Waals surface area contributed by atoms with Crippen LogP contribution in [0.3, 0.4) is 0 Å². The summed E-state index contributed by atoms with van der Waals surface area (Å²) >= 11 is 0. The van der Waals surface area contributed by atoms with Crippen molar-refractivity contribution in [3.63, 3.8) is 0 Å². The van der Waals surface area contributed by atoms with Crippen LogP contribution in [0.1, 0.15) is 12.5 Å². The molecule has 4 heteroatoms. The molecule has 0 amide bonds. The highest BCUT2D eigenvalue weighted by Crippen LogP contribution is 2.35. The summed E-state index contributed by atoms with van der Waals surface area (Å²) in [6.45, 7) is 2.33. The van der Waals surface area contributed by atoms with Gasteiger partial charge in [-0.3, -0.25) is 0 Å². The van der Waals surface area contributed by atoms with Crippen LogP contribution in [-0.2, 0) is 10.7 Å². The van der Waals surface area contributed by atoms with E-state index in [1.54, 1.807) is 12.1 Å². The zero-order chi connectivity index (χ0) is 9.68. The Morgan fingerprint density at radius 3 is 2.54 bits per heavy atom. The molecule has 0 saturated carbocycles. The maximum atomic E-state index is 12.5. The number of benzene rings is 1. The van der Waals surface area contributed by atoms with Crippen molar-refractivity contribution in [2.45, 2.75) is 13.1 Å². The highest BCUT2D eigenvalue weighted by Gasteiger charge is 2.04. The van der Waals surface area contributed by atoms with Crippen LogP contribution in [-0.4, -0.2) is 11.5 Å². The van der Waals surface area contributed by atoms with E-state index >= 15 is 0 Å². The predicted octanol–water partition coefficient (Wildman–Crippen LogP) is 2.67. The van der Waals surface area contributed by atoms with Crippen molar-refractivity contribution in [1.82, 2.24) is 0 Å². The molecule has 0 saturated heterocycles. The SMILES string of the molecule is CCOP(O)Cc1ccc(F)cc1. The van der Waals surface area contributed by atoms with Crippen molar-refractivity contribution >= 4 is 8.38 Å². The molecule has 1 unspecified atom stereocenters. The van der Waals surface area contributed by atoms with Gasteiger partial charge in [0.05, 0.1) is 6.61 Å². The van der Waals surface area contributed by atoms with E-state index in [4.69, 9.17) is 4.52 Å². The fourth-order valence-electron chi connectivity index (χ4n) is 0.941. The third kappa shape index (κ3) is 3.81. The van der Waals surface area contributed by atoms with Crippen molar-refractivity contribution < 1.29 is 13.8 Å². The molecule has 1 atom stereocenters. The van der Waals surface area contributed by atoms with Crippen LogP contribution in [0.4, 0.5) is 4.39 Å². The van der Waals surface area contributed by atoms with Crippen molar-refractivity contribution in [2.75, 3.05) is 6.61 Å². The Bertz CT molecular complexity index is 250. The molecule has 0 bridgehead atoms. The van der Waals surface area contributed by atoms with Crippen molar-refractivity contribution in [2.24, 2.45) is 0 Å². The lowest BCUT2D eigenvalue weighted by molar-refractivity contribution is 0.328. The summed E-state index contributed by atoms with van der Waals surface area (Å²) < 4.78 is 17.5. The molecule has 0 fully saturated rings. The Labute approximate surface area is 78.3 Å². The van der Waals surface area contributed by atoms with Crippen LogP contribution in [0.15, 0.2) is 24.3 Å². The van der Waals surface area contributed by atoms with Gasteiger partial charge in [-0.25, -0.2) is 4.39 Å². The summed E-state index contributed by atoms with van der Waals surface area (Å²) in [7, 11) is -1.39. The molecule has 13 heavy (non-hydrogen) atoms. The third-order valence-electron chi connectivity index (χ3n) is 1.51. The van der Waals surface area contributed by atoms with Gasteiger partial charge in [0.15, 0.2) is 8.38 Å². The maximum absolute atomic E-state index is 12.5. The van der Waals surface area contributed by atoms with Gasteiger partial charge in [0.2, 0.25) is 0 Å². The highest BCUT2D eigenvalue weighted by atomic mass is 31.2. The van der Waals surface area contributed by atoms with Crippen LogP contribution >= 0.6 is 8.38 Å². The summed E-state index contributed by atoms with van der Waals surface area (Å²) in [5.41, 5.74) is 0.892. The first-order valence-corrected chi connectivity index (χ1v) is 5.46. The first-order valence-electron chi connectivity index (χ1n) is 4.06. The molecule has 0 spiro atoms. The molecule has 0 aromatic heterocycles. The van der Waals surface area contributed by atoms with Crippen LogP contribution in [0.25, 0.3) is 0 Å². The normalized spacial score (nSPS) is 12.8. The van der Waals surface area contributed by atoms with E-state index in [0.717, 1.165) is 5.56 Å². The molecule has 2 nitrogen and oxygen atoms in total. The molecule has 0 aliphatic heterocycles. The monoisotopic (exact) mass is 202 g/mol. The quantitative estimate of drug-likeness (QED) is 0.760. The minimum Gasteiger partial charge on any atom is -0.350 e. The Hall–Kier alpha value is -0.500. The third-order valence-corrected chi connectivity index (χ3v) is 2.70. The van der Waals surface area contributed by atoms with E-state index in [1.165, 1.54) is 12.1 Å². The van der Waals surface area contributed by atoms with Gasteiger partial charge in [0, 0.05) is 6.16 Å². The summed E-state index contributed by atoms with van der Waals surface area (Å²) in [6, 6.07) is 6.06. The molecule has 0 aliphatic carbocycles. The molecule has 1 N–H and O–H groups in total. The minimum atomic E-state index is -1.39. The van der Waals surface area contributed by atoms with Gasteiger partial charge in [0.25, 0.3) is 0 Å². The second-order valence-corrected chi connectivity index (χ2v) is 3.83. The van der Waals surface area contributed by atoms with E-state index < -0.39 is 8.38 Å². The first kappa shape index (κ1) is 10.6. The molecule has 1 aromatic rings. The number of hydrogen-bond acceptors (Lipinski definition) is 2. The van der Waals surface area contributed by atoms with Gasteiger partial charge in [-0.15, -0.1) is 0 Å². The Kier molecular flexibility index (Phi) is 4.29. The fourth-order valence-corrected chi connectivity index (χ4v) is 1.85. The largest absolute Gasteiger partial charge is 0.350 e. The smallest absolute Gasteiger partial charge is 0.172 e. The molecular formula is C9H12FO2P. The molecule has 0 aliphatic rings. The van der Waals surface area contributed by atoms with E-state index in [0.29, 0.717) is 12.8 Å². The Morgan fingerprint density at radius 1 is 1.38 bits per heavy atom.